The minimum absolute atomic E-state index is 0.140. The number of aromatic nitrogens is 1. The standard InChI is InChI=1S/C26H25N3O4S2/c1-3-29(17-19-8-5-4-6-9-19)35(31,32)23-14-12-20(13-15-23)25(30)28-26-27-24(18-34-26)21-10-7-11-22(16-21)33-2/h4-16,18H,3,17H2,1-2H3,(H,27,28,30). The van der Waals surface area contributed by atoms with Crippen molar-refractivity contribution in [2.45, 2.75) is 18.4 Å². The zero-order chi connectivity index (χ0) is 24.8. The number of benzene rings is 3. The molecule has 0 saturated heterocycles. The van der Waals surface area contributed by atoms with Crippen LogP contribution in [0, 0.1) is 0 Å². The monoisotopic (exact) mass is 507 g/mol. The minimum atomic E-state index is -3.70. The summed E-state index contributed by atoms with van der Waals surface area (Å²) in [4.78, 5) is 17.3. The fraction of sp³-hybridized carbons (Fsp3) is 0.154. The van der Waals surface area contributed by atoms with E-state index in [0.29, 0.717) is 17.2 Å². The molecule has 4 aromatic rings. The van der Waals surface area contributed by atoms with E-state index >= 15 is 0 Å². The van der Waals surface area contributed by atoms with E-state index in [-0.39, 0.29) is 17.3 Å². The second-order valence-corrected chi connectivity index (χ2v) is 10.5. The first-order valence-electron chi connectivity index (χ1n) is 11.0. The third kappa shape index (κ3) is 5.76. The number of carbonyl (C=O) groups is 1. The number of carbonyl (C=O) groups excluding carboxylic acids is 1. The highest BCUT2D eigenvalue weighted by Gasteiger charge is 2.23. The van der Waals surface area contributed by atoms with Crippen molar-refractivity contribution < 1.29 is 17.9 Å². The first kappa shape index (κ1) is 24.6. The van der Waals surface area contributed by atoms with Gasteiger partial charge in [0.1, 0.15) is 5.75 Å². The van der Waals surface area contributed by atoms with Crippen molar-refractivity contribution in [3.8, 4) is 17.0 Å². The lowest BCUT2D eigenvalue weighted by Crippen LogP contribution is -2.30. The maximum Gasteiger partial charge on any atom is 0.257 e. The summed E-state index contributed by atoms with van der Waals surface area (Å²) < 4.78 is 32.9. The molecule has 1 N–H and O–H groups in total. The predicted molar refractivity (Wildman–Crippen MR) is 138 cm³/mol. The minimum Gasteiger partial charge on any atom is -0.497 e. The summed E-state index contributed by atoms with van der Waals surface area (Å²) in [6, 6.07) is 22.9. The number of nitrogens with zero attached hydrogens (tertiary/aromatic N) is 2. The highest BCUT2D eigenvalue weighted by molar-refractivity contribution is 7.89. The Morgan fingerprint density at radius 1 is 1.03 bits per heavy atom. The second-order valence-electron chi connectivity index (χ2n) is 7.67. The molecule has 7 nitrogen and oxygen atoms in total. The average Bonchev–Trinajstić information content (AvgIpc) is 3.36. The zero-order valence-corrected chi connectivity index (χ0v) is 21.0. The summed E-state index contributed by atoms with van der Waals surface area (Å²) >= 11 is 1.31. The molecule has 0 radical (unpaired) electrons. The molecule has 0 aliphatic rings. The van der Waals surface area contributed by atoms with E-state index in [4.69, 9.17) is 4.74 Å². The molecule has 9 heteroatoms. The number of thiazole rings is 1. The molecule has 0 aliphatic heterocycles. The second kappa shape index (κ2) is 10.8. The first-order valence-corrected chi connectivity index (χ1v) is 13.3. The SMILES string of the molecule is CCN(Cc1ccccc1)S(=O)(=O)c1ccc(C(=O)Nc2nc(-c3cccc(OC)c3)cs2)cc1. The molecule has 0 aliphatic carbocycles. The fourth-order valence-corrected chi connectivity index (χ4v) is 5.65. The van der Waals surface area contributed by atoms with Crippen LogP contribution in [0.15, 0.2) is 89.1 Å². The number of sulfonamides is 1. The van der Waals surface area contributed by atoms with Gasteiger partial charge in [-0.2, -0.15) is 4.31 Å². The Hall–Kier alpha value is -3.53. The number of hydrogen-bond acceptors (Lipinski definition) is 6. The van der Waals surface area contributed by atoms with Crippen molar-refractivity contribution in [2.24, 2.45) is 0 Å². The number of ether oxygens (including phenoxy) is 1. The van der Waals surface area contributed by atoms with Crippen LogP contribution in [0.25, 0.3) is 11.3 Å². The molecule has 180 valence electrons. The van der Waals surface area contributed by atoms with Gasteiger partial charge in [-0.3, -0.25) is 10.1 Å². The Kier molecular flexibility index (Phi) is 7.60. The van der Waals surface area contributed by atoms with Crippen LogP contribution < -0.4 is 10.1 Å². The maximum absolute atomic E-state index is 13.1. The Balaban J connectivity index is 1.45. The highest BCUT2D eigenvalue weighted by Crippen LogP contribution is 2.28. The maximum atomic E-state index is 13.1. The van der Waals surface area contributed by atoms with Crippen LogP contribution in [-0.2, 0) is 16.6 Å². The topological polar surface area (TPSA) is 88.6 Å². The average molecular weight is 508 g/mol. The Bertz CT molecular complexity index is 1400. The van der Waals surface area contributed by atoms with Crippen molar-refractivity contribution in [3.63, 3.8) is 0 Å². The van der Waals surface area contributed by atoms with Gasteiger partial charge < -0.3 is 4.74 Å². The summed E-state index contributed by atoms with van der Waals surface area (Å²) in [5.41, 5.74) is 2.86. The molecule has 4 rings (SSSR count). The molecule has 0 fully saturated rings. The first-order chi connectivity index (χ1) is 16.9. The molecule has 0 bridgehead atoms. The lowest BCUT2D eigenvalue weighted by Gasteiger charge is -2.20. The Morgan fingerprint density at radius 2 is 1.77 bits per heavy atom. The lowest BCUT2D eigenvalue weighted by molar-refractivity contribution is 0.102. The van der Waals surface area contributed by atoms with Crippen LogP contribution in [0.3, 0.4) is 0 Å². The summed E-state index contributed by atoms with van der Waals surface area (Å²) in [6.45, 7) is 2.41. The van der Waals surface area contributed by atoms with Gasteiger partial charge in [0.15, 0.2) is 5.13 Å². The molecule has 0 atom stereocenters. The van der Waals surface area contributed by atoms with Gasteiger partial charge >= 0.3 is 0 Å². The third-order valence-electron chi connectivity index (χ3n) is 5.40. The highest BCUT2D eigenvalue weighted by atomic mass is 32.2. The van der Waals surface area contributed by atoms with E-state index in [0.717, 1.165) is 22.6 Å². The van der Waals surface area contributed by atoms with Crippen molar-refractivity contribution in [2.75, 3.05) is 19.0 Å². The van der Waals surface area contributed by atoms with Crippen LogP contribution in [0.2, 0.25) is 0 Å². The van der Waals surface area contributed by atoms with Gasteiger partial charge in [0.2, 0.25) is 10.0 Å². The van der Waals surface area contributed by atoms with Crippen molar-refractivity contribution >= 4 is 32.4 Å². The number of rotatable bonds is 9. The van der Waals surface area contributed by atoms with Crippen LogP contribution in [-0.4, -0.2) is 37.3 Å². The van der Waals surface area contributed by atoms with Crippen LogP contribution in [0.1, 0.15) is 22.8 Å². The molecule has 3 aromatic carbocycles. The number of nitrogens with one attached hydrogen (secondary N) is 1. The predicted octanol–water partition coefficient (Wildman–Crippen LogP) is 5.28. The van der Waals surface area contributed by atoms with Crippen LogP contribution in [0.5, 0.6) is 5.75 Å². The van der Waals surface area contributed by atoms with Crippen molar-refractivity contribution in [1.29, 1.82) is 0 Å². The molecular weight excluding hydrogens is 482 g/mol. The molecular formula is C26H25N3O4S2. The summed E-state index contributed by atoms with van der Waals surface area (Å²) in [5, 5.41) is 5.08. The third-order valence-corrected chi connectivity index (χ3v) is 8.09. The molecule has 1 aromatic heterocycles. The Labute approximate surface area is 209 Å². The summed E-state index contributed by atoms with van der Waals surface area (Å²) in [6.07, 6.45) is 0. The normalized spacial score (nSPS) is 11.4. The lowest BCUT2D eigenvalue weighted by atomic mass is 10.2. The number of anilines is 1. The van der Waals surface area contributed by atoms with E-state index in [1.54, 1.807) is 14.0 Å². The van der Waals surface area contributed by atoms with Crippen LogP contribution in [0.4, 0.5) is 5.13 Å². The van der Waals surface area contributed by atoms with Gasteiger partial charge in [0, 0.05) is 29.6 Å². The molecule has 1 amide bonds. The smallest absolute Gasteiger partial charge is 0.257 e. The fourth-order valence-electron chi connectivity index (χ4n) is 3.50. The molecule has 35 heavy (non-hydrogen) atoms. The van der Waals surface area contributed by atoms with Gasteiger partial charge in [0.05, 0.1) is 17.7 Å². The van der Waals surface area contributed by atoms with Crippen molar-refractivity contribution in [3.05, 3.63) is 95.4 Å². The van der Waals surface area contributed by atoms with E-state index in [9.17, 15) is 13.2 Å². The van der Waals surface area contributed by atoms with Gasteiger partial charge in [-0.05, 0) is 42.0 Å². The van der Waals surface area contributed by atoms with Gasteiger partial charge in [-0.1, -0.05) is 49.4 Å². The number of amides is 1. The summed E-state index contributed by atoms with van der Waals surface area (Å²) in [5.74, 6) is 0.360. The van der Waals surface area contributed by atoms with Crippen molar-refractivity contribution in [1.82, 2.24) is 9.29 Å². The van der Waals surface area contributed by atoms with E-state index < -0.39 is 10.0 Å². The zero-order valence-electron chi connectivity index (χ0n) is 19.3. The van der Waals surface area contributed by atoms with Gasteiger partial charge in [-0.15, -0.1) is 11.3 Å². The quantitative estimate of drug-likeness (QED) is 0.333. The van der Waals surface area contributed by atoms with E-state index in [1.165, 1.54) is 39.9 Å². The molecule has 0 unspecified atom stereocenters. The van der Waals surface area contributed by atoms with Gasteiger partial charge in [-0.25, -0.2) is 13.4 Å². The van der Waals surface area contributed by atoms with E-state index in [1.807, 2.05) is 60.0 Å². The Morgan fingerprint density at radius 3 is 2.46 bits per heavy atom. The molecule has 0 spiro atoms. The van der Waals surface area contributed by atoms with E-state index in [2.05, 4.69) is 10.3 Å². The summed E-state index contributed by atoms with van der Waals surface area (Å²) in [7, 11) is -2.10. The largest absolute Gasteiger partial charge is 0.497 e. The van der Waals surface area contributed by atoms with Crippen LogP contribution >= 0.6 is 11.3 Å². The number of hydrogen-bond donors (Lipinski definition) is 1. The molecule has 1 heterocycles. The van der Waals surface area contributed by atoms with Gasteiger partial charge in [0.25, 0.3) is 5.91 Å². The molecule has 0 saturated carbocycles. The number of methoxy groups -OCH3 is 1.